The molecular formula is C65H61BN2. The van der Waals surface area contributed by atoms with Crippen molar-refractivity contribution in [2.24, 2.45) is 0 Å². The molecule has 0 amide bonds. The van der Waals surface area contributed by atoms with E-state index in [0.29, 0.717) is 0 Å². The predicted octanol–water partition coefficient (Wildman–Crippen LogP) is 15.6. The average Bonchev–Trinajstić information content (AvgIpc) is 3.72. The summed E-state index contributed by atoms with van der Waals surface area (Å²) < 4.78 is 0. The van der Waals surface area contributed by atoms with Crippen molar-refractivity contribution in [3.63, 3.8) is 0 Å². The van der Waals surface area contributed by atoms with Crippen molar-refractivity contribution in [3.05, 3.63) is 202 Å². The van der Waals surface area contributed by atoms with E-state index in [2.05, 4.69) is 237 Å². The Bertz CT molecular complexity index is 3470. The van der Waals surface area contributed by atoms with E-state index in [1.807, 2.05) is 0 Å². The summed E-state index contributed by atoms with van der Waals surface area (Å²) in [4.78, 5) is 2.78. The fourth-order valence-electron chi connectivity index (χ4n) is 13.9. The highest BCUT2D eigenvalue weighted by atomic mass is 15.1. The largest absolute Gasteiger partial charge is 0.376 e. The molecule has 334 valence electrons. The molecule has 0 saturated heterocycles. The topological polar surface area (TPSA) is 15.3 Å². The Morgan fingerprint density at radius 2 is 1.15 bits per heavy atom. The Balaban J connectivity index is 1.12. The van der Waals surface area contributed by atoms with Crippen LogP contribution in [0.1, 0.15) is 127 Å². The third-order valence-corrected chi connectivity index (χ3v) is 17.8. The van der Waals surface area contributed by atoms with Crippen molar-refractivity contribution in [1.82, 2.24) is 0 Å². The number of para-hydroxylation sites is 1. The minimum Gasteiger partial charge on any atom is -0.376 e. The van der Waals surface area contributed by atoms with Crippen LogP contribution in [0.4, 0.5) is 22.7 Å². The van der Waals surface area contributed by atoms with E-state index in [-0.39, 0.29) is 33.9 Å². The molecule has 1 N–H and O–H groups in total. The molecule has 2 heterocycles. The Kier molecular flexibility index (Phi) is 8.43. The van der Waals surface area contributed by atoms with Crippen LogP contribution in [0.2, 0.25) is 0 Å². The van der Waals surface area contributed by atoms with Gasteiger partial charge in [-0.05, 0) is 136 Å². The number of nitrogens with zero attached hydrogens (tertiary/aromatic N) is 1. The summed E-state index contributed by atoms with van der Waals surface area (Å²) in [7, 11) is 0. The lowest BCUT2D eigenvalue weighted by molar-refractivity contribution is 0.331. The van der Waals surface area contributed by atoms with Crippen molar-refractivity contribution in [2.45, 2.75) is 109 Å². The van der Waals surface area contributed by atoms with E-state index in [1.54, 1.807) is 0 Å². The van der Waals surface area contributed by atoms with Crippen LogP contribution in [-0.4, -0.2) is 6.85 Å². The molecule has 0 radical (unpaired) electrons. The molecule has 13 rings (SSSR count). The first-order valence-electron chi connectivity index (χ1n) is 25.1. The first kappa shape index (κ1) is 41.6. The highest BCUT2D eigenvalue weighted by Crippen LogP contribution is 2.59. The third-order valence-electron chi connectivity index (χ3n) is 17.8. The maximum Gasteiger partial charge on any atom is 0.333 e. The van der Waals surface area contributed by atoms with Crippen LogP contribution in [0.15, 0.2) is 158 Å². The second kappa shape index (κ2) is 13.8. The molecule has 0 saturated carbocycles. The van der Waals surface area contributed by atoms with E-state index in [1.165, 1.54) is 136 Å². The van der Waals surface area contributed by atoms with Crippen LogP contribution in [0.25, 0.3) is 44.5 Å². The zero-order chi connectivity index (χ0) is 46.9. The van der Waals surface area contributed by atoms with Crippen molar-refractivity contribution >= 4 is 40.5 Å². The van der Waals surface area contributed by atoms with E-state index in [4.69, 9.17) is 0 Å². The molecule has 3 aliphatic carbocycles. The lowest BCUT2D eigenvalue weighted by atomic mass is 9.42. The summed E-state index contributed by atoms with van der Waals surface area (Å²) >= 11 is 0. The fourth-order valence-corrected chi connectivity index (χ4v) is 13.9. The SMILES string of the molecule is CC1(C)CCC(C)(C)c2cc(C(C)(C)c3cccc4c3Nc3cc5c(c6c3B4N(c3cccc4c3C(C)(C)c3ccccc3-4)c3cc(-c4ccccc4)ccc3-6)-c3ccccc3C5(C)C)ccc21. The third kappa shape index (κ3) is 5.48. The molecule has 0 bridgehead atoms. The molecule has 2 nitrogen and oxygen atoms in total. The maximum atomic E-state index is 4.31. The molecule has 68 heavy (non-hydrogen) atoms. The Labute approximate surface area is 404 Å². The van der Waals surface area contributed by atoms with Crippen molar-refractivity contribution in [1.29, 1.82) is 0 Å². The number of fused-ring (bicyclic) bond motifs is 12. The summed E-state index contributed by atoms with van der Waals surface area (Å²) in [6, 6.07) is 61.0. The smallest absolute Gasteiger partial charge is 0.333 e. The van der Waals surface area contributed by atoms with Gasteiger partial charge in [-0.15, -0.1) is 0 Å². The number of nitrogens with one attached hydrogen (secondary N) is 1. The van der Waals surface area contributed by atoms with E-state index < -0.39 is 0 Å². The molecule has 0 spiro atoms. The second-order valence-electron chi connectivity index (χ2n) is 23.6. The van der Waals surface area contributed by atoms with Gasteiger partial charge in [-0.1, -0.05) is 209 Å². The quantitative estimate of drug-likeness (QED) is 0.177. The summed E-state index contributed by atoms with van der Waals surface area (Å²) in [5.41, 5.74) is 29.0. The van der Waals surface area contributed by atoms with E-state index >= 15 is 0 Å². The van der Waals surface area contributed by atoms with Gasteiger partial charge >= 0.3 is 6.85 Å². The van der Waals surface area contributed by atoms with Gasteiger partial charge in [0.15, 0.2) is 0 Å². The standard InChI is InChI=1S/C65H61BN2/c1-61(2)34-35-62(3,4)50-37-41(31-33-48(50)61)63(5,6)49-27-19-28-52-60(49)67-53-38-51-56(44-23-15-17-26-47(44)64(51,7)8)57-45-32-30-40(39-20-12-11-13-21-39)36-55(45)68(66(52)59(53)57)54-29-18-24-43-42-22-14-16-25-46(42)65(9,10)58(43)54/h11-33,36-38,67H,34-35H2,1-10H3. The first-order chi connectivity index (χ1) is 32.5. The molecule has 3 heteroatoms. The van der Waals surface area contributed by atoms with Crippen molar-refractivity contribution < 1.29 is 0 Å². The summed E-state index contributed by atoms with van der Waals surface area (Å²) in [5, 5.41) is 4.31. The van der Waals surface area contributed by atoms with Crippen molar-refractivity contribution in [3.8, 4) is 44.5 Å². The summed E-state index contributed by atoms with van der Waals surface area (Å²) in [6.45, 7) is 24.3. The molecule has 0 atom stereocenters. The Morgan fingerprint density at radius 1 is 0.485 bits per heavy atom. The molecule has 0 aromatic heterocycles. The Morgan fingerprint density at radius 3 is 1.91 bits per heavy atom. The zero-order valence-electron chi connectivity index (χ0n) is 41.4. The monoisotopic (exact) mass is 880 g/mol. The molecule has 0 unspecified atom stereocenters. The zero-order valence-corrected chi connectivity index (χ0v) is 41.4. The number of anilines is 4. The first-order valence-corrected chi connectivity index (χ1v) is 25.1. The van der Waals surface area contributed by atoms with Crippen LogP contribution < -0.4 is 21.1 Å². The molecule has 0 fully saturated rings. The van der Waals surface area contributed by atoms with E-state index in [9.17, 15) is 0 Å². The van der Waals surface area contributed by atoms with Gasteiger partial charge in [-0.3, -0.25) is 0 Å². The van der Waals surface area contributed by atoms with Gasteiger partial charge in [0.25, 0.3) is 0 Å². The minimum absolute atomic E-state index is 0.114. The molecular weight excluding hydrogens is 820 g/mol. The fraction of sp³-hybridized carbons (Fsp3) is 0.262. The molecule has 8 aromatic carbocycles. The molecule has 8 aromatic rings. The highest BCUT2D eigenvalue weighted by Gasteiger charge is 2.50. The molecule has 2 aliphatic heterocycles. The Hall–Kier alpha value is -6.58. The van der Waals surface area contributed by atoms with Crippen LogP contribution in [-0.2, 0) is 27.1 Å². The normalized spacial score (nSPS) is 17.7. The van der Waals surface area contributed by atoms with Gasteiger partial charge in [0, 0.05) is 44.6 Å². The number of hydrogen-bond donors (Lipinski definition) is 1. The van der Waals surface area contributed by atoms with Crippen molar-refractivity contribution in [2.75, 3.05) is 10.1 Å². The van der Waals surface area contributed by atoms with Gasteiger partial charge in [0.05, 0.1) is 0 Å². The summed E-state index contributed by atoms with van der Waals surface area (Å²) in [6.07, 6.45) is 2.40. The van der Waals surface area contributed by atoms with Gasteiger partial charge in [0.2, 0.25) is 0 Å². The van der Waals surface area contributed by atoms with Crippen LogP contribution in [0.3, 0.4) is 0 Å². The van der Waals surface area contributed by atoms with Crippen LogP contribution in [0, 0.1) is 0 Å². The van der Waals surface area contributed by atoms with Crippen LogP contribution in [0.5, 0.6) is 0 Å². The van der Waals surface area contributed by atoms with Gasteiger partial charge in [0.1, 0.15) is 0 Å². The van der Waals surface area contributed by atoms with Gasteiger partial charge < -0.3 is 10.1 Å². The lowest BCUT2D eigenvalue weighted by Crippen LogP contribution is -2.61. The number of rotatable bonds is 4. The number of hydrogen-bond acceptors (Lipinski definition) is 2. The minimum atomic E-state index is -0.312. The highest BCUT2D eigenvalue weighted by molar-refractivity contribution is 6.93. The van der Waals surface area contributed by atoms with E-state index in [0.717, 1.165) is 0 Å². The number of benzene rings is 8. The second-order valence-corrected chi connectivity index (χ2v) is 23.6. The lowest BCUT2D eigenvalue weighted by Gasteiger charge is -2.46. The summed E-state index contributed by atoms with van der Waals surface area (Å²) in [5.74, 6) is 0. The van der Waals surface area contributed by atoms with Gasteiger partial charge in [-0.25, -0.2) is 0 Å². The molecule has 5 aliphatic rings. The predicted molar refractivity (Wildman–Crippen MR) is 290 cm³/mol. The van der Waals surface area contributed by atoms with Crippen LogP contribution >= 0.6 is 0 Å². The maximum absolute atomic E-state index is 4.31. The average molecular weight is 881 g/mol. The van der Waals surface area contributed by atoms with Gasteiger partial charge in [-0.2, -0.15) is 0 Å².